The van der Waals surface area contributed by atoms with Crippen LogP contribution >= 0.6 is 12.4 Å². The number of hydrogen-bond acceptors (Lipinski definition) is 3. The van der Waals surface area contributed by atoms with Crippen molar-refractivity contribution in [3.05, 3.63) is 65.5 Å². The molecule has 0 saturated carbocycles. The van der Waals surface area contributed by atoms with Crippen LogP contribution in [0, 0.1) is 5.82 Å². The Kier molecular flexibility index (Phi) is 8.62. The number of aliphatic hydroxyl groups excluding tert-OH is 1. The molecule has 0 aliphatic rings. The van der Waals surface area contributed by atoms with Gasteiger partial charge in [0.25, 0.3) is 0 Å². The molecule has 2 aromatic rings. The first kappa shape index (κ1) is 19.4. The number of ether oxygens (including phenoxy) is 1. The summed E-state index contributed by atoms with van der Waals surface area (Å²) in [6.07, 6.45) is 0.886. The van der Waals surface area contributed by atoms with Crippen molar-refractivity contribution >= 4 is 12.4 Å². The fraction of sp³-hybridized carbons (Fsp3) is 0.333. The molecule has 5 heteroatoms. The van der Waals surface area contributed by atoms with Crippen LogP contribution in [-0.4, -0.2) is 17.8 Å². The lowest BCUT2D eigenvalue weighted by atomic mass is 10.2. The molecule has 0 aliphatic heterocycles. The van der Waals surface area contributed by atoms with E-state index in [1.807, 2.05) is 31.2 Å². The molecule has 0 fully saturated rings. The standard InChI is InChI=1S/C18H22FNO2.ClH/c1-2-17(12-21)20-11-15-4-3-5-18(10-15)22-13-14-6-8-16(19)9-7-14;/h3-10,17,20-21H,2,11-13H2,1H3;1H. The highest BCUT2D eigenvalue weighted by Gasteiger charge is 2.04. The third kappa shape index (κ3) is 6.57. The van der Waals surface area contributed by atoms with Gasteiger partial charge < -0.3 is 15.2 Å². The van der Waals surface area contributed by atoms with Gasteiger partial charge in [0, 0.05) is 12.6 Å². The Hall–Kier alpha value is -1.62. The number of halogens is 2. The maximum atomic E-state index is 12.8. The predicted octanol–water partition coefficient (Wildman–Crippen LogP) is 3.69. The van der Waals surface area contributed by atoms with Crippen LogP contribution in [0.5, 0.6) is 5.75 Å². The molecule has 23 heavy (non-hydrogen) atoms. The molecule has 1 unspecified atom stereocenters. The lowest BCUT2D eigenvalue weighted by Gasteiger charge is -2.14. The third-order valence-corrected chi connectivity index (χ3v) is 3.53. The zero-order valence-corrected chi connectivity index (χ0v) is 14.0. The first-order valence-corrected chi connectivity index (χ1v) is 7.51. The van der Waals surface area contributed by atoms with Crippen LogP contribution in [-0.2, 0) is 13.2 Å². The van der Waals surface area contributed by atoms with Gasteiger partial charge in [-0.3, -0.25) is 0 Å². The Morgan fingerprint density at radius 3 is 2.52 bits per heavy atom. The summed E-state index contributed by atoms with van der Waals surface area (Å²) >= 11 is 0. The first-order valence-electron chi connectivity index (χ1n) is 7.51. The van der Waals surface area contributed by atoms with E-state index in [1.165, 1.54) is 12.1 Å². The lowest BCUT2D eigenvalue weighted by Crippen LogP contribution is -2.31. The largest absolute Gasteiger partial charge is 0.489 e. The molecule has 0 saturated heterocycles. The van der Waals surface area contributed by atoms with E-state index in [1.54, 1.807) is 12.1 Å². The fourth-order valence-electron chi connectivity index (χ4n) is 2.09. The Morgan fingerprint density at radius 1 is 1.13 bits per heavy atom. The minimum Gasteiger partial charge on any atom is -0.489 e. The van der Waals surface area contributed by atoms with Gasteiger partial charge in [-0.05, 0) is 41.8 Å². The van der Waals surface area contributed by atoms with Crippen LogP contribution in [0.1, 0.15) is 24.5 Å². The van der Waals surface area contributed by atoms with E-state index >= 15 is 0 Å². The summed E-state index contributed by atoms with van der Waals surface area (Å²) in [6, 6.07) is 14.2. The second-order valence-electron chi connectivity index (χ2n) is 5.23. The molecule has 126 valence electrons. The summed E-state index contributed by atoms with van der Waals surface area (Å²) in [5, 5.41) is 12.5. The molecule has 2 N–H and O–H groups in total. The number of rotatable bonds is 8. The fourth-order valence-corrected chi connectivity index (χ4v) is 2.09. The molecule has 0 aromatic heterocycles. The molecule has 0 heterocycles. The van der Waals surface area contributed by atoms with Crippen molar-refractivity contribution < 1.29 is 14.2 Å². The van der Waals surface area contributed by atoms with Crippen molar-refractivity contribution in [2.75, 3.05) is 6.61 Å². The van der Waals surface area contributed by atoms with Crippen molar-refractivity contribution in [2.24, 2.45) is 0 Å². The zero-order valence-electron chi connectivity index (χ0n) is 13.2. The van der Waals surface area contributed by atoms with Gasteiger partial charge in [-0.1, -0.05) is 31.2 Å². The Labute approximate surface area is 142 Å². The number of hydrogen-bond donors (Lipinski definition) is 2. The summed E-state index contributed by atoms with van der Waals surface area (Å²) in [5.74, 6) is 0.534. The van der Waals surface area contributed by atoms with E-state index < -0.39 is 0 Å². The summed E-state index contributed by atoms with van der Waals surface area (Å²) in [6.45, 7) is 3.27. The van der Waals surface area contributed by atoms with Crippen LogP contribution in [0.3, 0.4) is 0 Å². The van der Waals surface area contributed by atoms with E-state index in [-0.39, 0.29) is 30.9 Å². The van der Waals surface area contributed by atoms with Crippen LogP contribution in [0.15, 0.2) is 48.5 Å². The molecule has 0 aliphatic carbocycles. The molecule has 2 aromatic carbocycles. The van der Waals surface area contributed by atoms with Gasteiger partial charge in [0.15, 0.2) is 0 Å². The van der Waals surface area contributed by atoms with Gasteiger partial charge >= 0.3 is 0 Å². The van der Waals surface area contributed by atoms with Crippen molar-refractivity contribution in [2.45, 2.75) is 32.5 Å². The topological polar surface area (TPSA) is 41.5 Å². The minimum atomic E-state index is -0.244. The SMILES string of the molecule is CCC(CO)NCc1cccc(OCc2ccc(F)cc2)c1.Cl. The monoisotopic (exact) mass is 339 g/mol. The van der Waals surface area contributed by atoms with Gasteiger partial charge in [0.05, 0.1) is 6.61 Å². The summed E-state index contributed by atoms with van der Waals surface area (Å²) in [7, 11) is 0. The quantitative estimate of drug-likeness (QED) is 0.770. The Balaban J connectivity index is 0.00000264. The molecule has 3 nitrogen and oxygen atoms in total. The number of benzene rings is 2. The molecule has 0 radical (unpaired) electrons. The maximum absolute atomic E-state index is 12.8. The summed E-state index contributed by atoms with van der Waals surface area (Å²) < 4.78 is 18.6. The van der Waals surface area contributed by atoms with E-state index in [0.29, 0.717) is 13.2 Å². The van der Waals surface area contributed by atoms with Crippen molar-refractivity contribution in [3.63, 3.8) is 0 Å². The summed E-state index contributed by atoms with van der Waals surface area (Å²) in [4.78, 5) is 0. The molecular formula is C18H23ClFNO2. The van der Waals surface area contributed by atoms with Gasteiger partial charge in [-0.15, -0.1) is 12.4 Å². The van der Waals surface area contributed by atoms with Crippen LogP contribution < -0.4 is 10.1 Å². The predicted molar refractivity (Wildman–Crippen MR) is 92.4 cm³/mol. The average molecular weight is 340 g/mol. The van der Waals surface area contributed by atoms with E-state index in [4.69, 9.17) is 4.74 Å². The van der Waals surface area contributed by atoms with Gasteiger partial charge in [-0.25, -0.2) is 4.39 Å². The Morgan fingerprint density at radius 2 is 1.87 bits per heavy atom. The van der Waals surface area contributed by atoms with E-state index in [2.05, 4.69) is 5.32 Å². The Bertz CT molecular complexity index is 573. The first-order chi connectivity index (χ1) is 10.7. The third-order valence-electron chi connectivity index (χ3n) is 3.53. The number of aliphatic hydroxyl groups is 1. The smallest absolute Gasteiger partial charge is 0.123 e. The van der Waals surface area contributed by atoms with Crippen molar-refractivity contribution in [1.29, 1.82) is 0 Å². The number of nitrogens with one attached hydrogen (secondary N) is 1. The highest BCUT2D eigenvalue weighted by molar-refractivity contribution is 5.85. The van der Waals surface area contributed by atoms with Crippen molar-refractivity contribution in [3.8, 4) is 5.75 Å². The molecule has 0 amide bonds. The molecule has 0 spiro atoms. The van der Waals surface area contributed by atoms with Crippen LogP contribution in [0.4, 0.5) is 4.39 Å². The molecule has 1 atom stereocenters. The average Bonchev–Trinajstić information content (AvgIpc) is 2.56. The second kappa shape index (κ2) is 10.2. The zero-order chi connectivity index (χ0) is 15.8. The van der Waals surface area contributed by atoms with Gasteiger partial charge in [-0.2, -0.15) is 0 Å². The molecule has 0 bridgehead atoms. The van der Waals surface area contributed by atoms with Crippen LogP contribution in [0.25, 0.3) is 0 Å². The highest BCUT2D eigenvalue weighted by Crippen LogP contribution is 2.15. The van der Waals surface area contributed by atoms with E-state index in [0.717, 1.165) is 23.3 Å². The van der Waals surface area contributed by atoms with Crippen LogP contribution in [0.2, 0.25) is 0 Å². The van der Waals surface area contributed by atoms with Crippen molar-refractivity contribution in [1.82, 2.24) is 5.32 Å². The summed E-state index contributed by atoms with van der Waals surface area (Å²) in [5.41, 5.74) is 2.03. The molecule has 2 rings (SSSR count). The lowest BCUT2D eigenvalue weighted by molar-refractivity contribution is 0.238. The van der Waals surface area contributed by atoms with Gasteiger partial charge in [0.2, 0.25) is 0 Å². The minimum absolute atomic E-state index is 0. The second-order valence-corrected chi connectivity index (χ2v) is 5.23. The maximum Gasteiger partial charge on any atom is 0.123 e. The van der Waals surface area contributed by atoms with E-state index in [9.17, 15) is 9.50 Å². The normalized spacial score (nSPS) is 11.6. The molecular weight excluding hydrogens is 317 g/mol. The highest BCUT2D eigenvalue weighted by atomic mass is 35.5. The van der Waals surface area contributed by atoms with Gasteiger partial charge in [0.1, 0.15) is 18.2 Å².